The van der Waals surface area contributed by atoms with Gasteiger partial charge < -0.3 is 9.72 Å². The molecule has 100 valence electrons. The van der Waals surface area contributed by atoms with Crippen molar-refractivity contribution in [1.82, 2.24) is 4.98 Å². The molecule has 0 spiro atoms. The second-order valence-corrected chi connectivity index (χ2v) is 5.37. The van der Waals surface area contributed by atoms with Gasteiger partial charge in [-0.2, -0.15) is 0 Å². The van der Waals surface area contributed by atoms with Crippen molar-refractivity contribution in [3.63, 3.8) is 0 Å². The highest BCUT2D eigenvalue weighted by molar-refractivity contribution is 9.10. The lowest BCUT2D eigenvalue weighted by molar-refractivity contribution is 0.104. The zero-order chi connectivity index (χ0) is 14.1. The number of methoxy groups -OCH3 is 1. The number of carbonyl (C=O) groups excluding carboxylic acids is 1. The van der Waals surface area contributed by atoms with Crippen LogP contribution in [0.4, 0.5) is 0 Å². The van der Waals surface area contributed by atoms with Crippen LogP contribution < -0.4 is 4.74 Å². The maximum atomic E-state index is 12.5. The number of hydrogen-bond donors (Lipinski definition) is 1. The summed E-state index contributed by atoms with van der Waals surface area (Å²) in [7, 11) is 1.61. The van der Waals surface area contributed by atoms with Crippen LogP contribution in [0, 0.1) is 0 Å². The molecule has 0 aliphatic rings. The molecular weight excluding hydrogens is 318 g/mol. The van der Waals surface area contributed by atoms with Crippen LogP contribution in [0.3, 0.4) is 0 Å². The summed E-state index contributed by atoms with van der Waals surface area (Å²) in [5.74, 6) is 0.741. The summed E-state index contributed by atoms with van der Waals surface area (Å²) in [4.78, 5) is 15.7. The highest BCUT2D eigenvalue weighted by Gasteiger charge is 2.14. The molecule has 0 unspecified atom stereocenters. The van der Waals surface area contributed by atoms with Crippen molar-refractivity contribution in [3.8, 4) is 5.75 Å². The third-order valence-electron chi connectivity index (χ3n) is 3.24. The van der Waals surface area contributed by atoms with Crippen molar-refractivity contribution >= 4 is 32.6 Å². The van der Waals surface area contributed by atoms with Crippen LogP contribution in [-0.4, -0.2) is 17.9 Å². The van der Waals surface area contributed by atoms with E-state index in [0.29, 0.717) is 11.1 Å². The van der Waals surface area contributed by atoms with E-state index in [9.17, 15) is 4.79 Å². The van der Waals surface area contributed by atoms with Crippen molar-refractivity contribution in [2.75, 3.05) is 7.11 Å². The summed E-state index contributed by atoms with van der Waals surface area (Å²) in [6.07, 6.45) is 1.75. The molecule has 0 bridgehead atoms. The molecule has 1 heterocycles. The van der Waals surface area contributed by atoms with Gasteiger partial charge in [0, 0.05) is 32.7 Å². The molecule has 20 heavy (non-hydrogen) atoms. The predicted molar refractivity (Wildman–Crippen MR) is 82.4 cm³/mol. The number of benzene rings is 2. The maximum Gasteiger partial charge on any atom is 0.195 e. The lowest BCUT2D eigenvalue weighted by Crippen LogP contribution is -2.00. The molecule has 0 radical (unpaired) electrons. The van der Waals surface area contributed by atoms with E-state index < -0.39 is 0 Å². The summed E-state index contributed by atoms with van der Waals surface area (Å²) in [6, 6.07) is 13.0. The Kier molecular flexibility index (Phi) is 3.32. The largest absolute Gasteiger partial charge is 0.497 e. The van der Waals surface area contributed by atoms with Gasteiger partial charge >= 0.3 is 0 Å². The zero-order valence-electron chi connectivity index (χ0n) is 10.8. The van der Waals surface area contributed by atoms with Gasteiger partial charge in [0.15, 0.2) is 5.78 Å². The fourth-order valence-corrected chi connectivity index (χ4v) is 2.55. The molecule has 0 saturated carbocycles. The minimum Gasteiger partial charge on any atom is -0.497 e. The Hall–Kier alpha value is -2.07. The monoisotopic (exact) mass is 329 g/mol. The van der Waals surface area contributed by atoms with Gasteiger partial charge in [0.05, 0.1) is 7.11 Å². The molecule has 0 saturated heterocycles. The van der Waals surface area contributed by atoms with Gasteiger partial charge in [0.25, 0.3) is 0 Å². The second kappa shape index (κ2) is 5.13. The minimum atomic E-state index is 0.00113. The van der Waals surface area contributed by atoms with Gasteiger partial charge in [-0.15, -0.1) is 0 Å². The Morgan fingerprint density at radius 3 is 2.60 bits per heavy atom. The van der Waals surface area contributed by atoms with Gasteiger partial charge in [-0.1, -0.05) is 22.0 Å². The standard InChI is InChI=1S/C16H12BrNO2/c1-20-12-5-2-10(3-6-12)16(19)14-9-18-15-8-11(17)4-7-13(14)15/h2-9,18H,1H3. The van der Waals surface area contributed by atoms with Crippen molar-refractivity contribution in [2.24, 2.45) is 0 Å². The first-order chi connectivity index (χ1) is 9.69. The van der Waals surface area contributed by atoms with Crippen LogP contribution in [0.2, 0.25) is 0 Å². The van der Waals surface area contributed by atoms with E-state index >= 15 is 0 Å². The molecule has 4 heteroatoms. The zero-order valence-corrected chi connectivity index (χ0v) is 12.4. The minimum absolute atomic E-state index is 0.00113. The molecule has 3 aromatic rings. The number of hydrogen-bond acceptors (Lipinski definition) is 2. The summed E-state index contributed by atoms with van der Waals surface area (Å²) < 4.78 is 6.08. The molecular formula is C16H12BrNO2. The smallest absolute Gasteiger partial charge is 0.195 e. The number of ether oxygens (including phenoxy) is 1. The molecule has 0 fully saturated rings. The van der Waals surface area contributed by atoms with E-state index in [1.165, 1.54) is 0 Å². The Morgan fingerprint density at radius 1 is 1.15 bits per heavy atom. The van der Waals surface area contributed by atoms with Crippen molar-refractivity contribution in [3.05, 3.63) is 64.3 Å². The molecule has 0 atom stereocenters. The Labute approximate surface area is 124 Å². The molecule has 3 nitrogen and oxygen atoms in total. The molecule has 2 aromatic carbocycles. The Balaban J connectivity index is 2.03. The maximum absolute atomic E-state index is 12.5. The normalized spacial score (nSPS) is 10.7. The van der Waals surface area contributed by atoms with E-state index in [1.54, 1.807) is 37.6 Å². The molecule has 0 aliphatic carbocycles. The number of carbonyl (C=O) groups is 1. The van der Waals surface area contributed by atoms with E-state index in [0.717, 1.165) is 21.1 Å². The number of ketones is 1. The topological polar surface area (TPSA) is 42.1 Å². The molecule has 0 aliphatic heterocycles. The van der Waals surface area contributed by atoms with E-state index in [1.807, 2.05) is 18.2 Å². The van der Waals surface area contributed by atoms with E-state index in [2.05, 4.69) is 20.9 Å². The fraction of sp³-hybridized carbons (Fsp3) is 0.0625. The van der Waals surface area contributed by atoms with Crippen LogP contribution in [0.5, 0.6) is 5.75 Å². The molecule has 3 rings (SSSR count). The Bertz CT molecular complexity index is 775. The van der Waals surface area contributed by atoms with Gasteiger partial charge in [-0.3, -0.25) is 4.79 Å². The van der Waals surface area contributed by atoms with Crippen LogP contribution in [-0.2, 0) is 0 Å². The second-order valence-electron chi connectivity index (χ2n) is 4.45. The van der Waals surface area contributed by atoms with Crippen molar-refractivity contribution in [2.45, 2.75) is 0 Å². The summed E-state index contributed by atoms with van der Waals surface area (Å²) in [5.41, 5.74) is 2.27. The third kappa shape index (κ3) is 2.23. The number of fused-ring (bicyclic) bond motifs is 1. The number of nitrogens with one attached hydrogen (secondary N) is 1. The van der Waals surface area contributed by atoms with Gasteiger partial charge in [-0.05, 0) is 36.4 Å². The average Bonchev–Trinajstić information content (AvgIpc) is 2.89. The first-order valence-corrected chi connectivity index (χ1v) is 6.94. The first kappa shape index (κ1) is 12.9. The summed E-state index contributed by atoms with van der Waals surface area (Å²) >= 11 is 3.42. The third-order valence-corrected chi connectivity index (χ3v) is 3.73. The lowest BCUT2D eigenvalue weighted by Gasteiger charge is -2.02. The summed E-state index contributed by atoms with van der Waals surface area (Å²) in [5, 5.41) is 0.925. The van der Waals surface area contributed by atoms with Crippen LogP contribution >= 0.6 is 15.9 Å². The lowest BCUT2D eigenvalue weighted by atomic mass is 10.0. The number of rotatable bonds is 3. The first-order valence-electron chi connectivity index (χ1n) is 6.14. The van der Waals surface area contributed by atoms with Crippen LogP contribution in [0.25, 0.3) is 10.9 Å². The average molecular weight is 330 g/mol. The van der Waals surface area contributed by atoms with Gasteiger partial charge in [0.2, 0.25) is 0 Å². The molecule has 0 amide bonds. The number of aromatic nitrogens is 1. The van der Waals surface area contributed by atoms with Crippen molar-refractivity contribution < 1.29 is 9.53 Å². The highest BCUT2D eigenvalue weighted by atomic mass is 79.9. The number of H-pyrrole nitrogens is 1. The van der Waals surface area contributed by atoms with Gasteiger partial charge in [0.1, 0.15) is 5.75 Å². The van der Waals surface area contributed by atoms with Crippen LogP contribution in [0.15, 0.2) is 53.1 Å². The molecule has 1 aromatic heterocycles. The summed E-state index contributed by atoms with van der Waals surface area (Å²) in [6.45, 7) is 0. The van der Waals surface area contributed by atoms with E-state index in [-0.39, 0.29) is 5.78 Å². The highest BCUT2D eigenvalue weighted by Crippen LogP contribution is 2.24. The number of aromatic amines is 1. The van der Waals surface area contributed by atoms with Gasteiger partial charge in [-0.25, -0.2) is 0 Å². The van der Waals surface area contributed by atoms with Crippen molar-refractivity contribution in [1.29, 1.82) is 0 Å². The Morgan fingerprint density at radius 2 is 1.90 bits per heavy atom. The van der Waals surface area contributed by atoms with Crippen LogP contribution in [0.1, 0.15) is 15.9 Å². The predicted octanol–water partition coefficient (Wildman–Crippen LogP) is 4.17. The van der Waals surface area contributed by atoms with E-state index in [4.69, 9.17) is 4.74 Å². The SMILES string of the molecule is COc1ccc(C(=O)c2c[nH]c3cc(Br)ccc23)cc1. The number of halogens is 1. The molecule has 1 N–H and O–H groups in total. The fourth-order valence-electron chi connectivity index (χ4n) is 2.18. The quantitative estimate of drug-likeness (QED) is 0.733.